The first kappa shape index (κ1) is 39.0. The average molecular weight is 728 g/mol. The number of carboxylic acids is 2. The van der Waals surface area contributed by atoms with Crippen molar-refractivity contribution in [3.8, 4) is 11.5 Å². The Morgan fingerprint density at radius 3 is 1.57 bits per heavy atom. The summed E-state index contributed by atoms with van der Waals surface area (Å²) in [4.78, 5) is 37.7. The fraction of sp³-hybridized carbons (Fsp3) is 0.222. The first-order valence-electron chi connectivity index (χ1n) is 17.8. The number of fused-ring (bicyclic) bond motifs is 2. The van der Waals surface area contributed by atoms with Crippen LogP contribution in [0.3, 0.4) is 0 Å². The first-order valence-corrected chi connectivity index (χ1v) is 17.8. The number of rotatable bonds is 12. The molecule has 0 amide bonds. The van der Waals surface area contributed by atoms with Gasteiger partial charge in [-0.1, -0.05) is 123 Å². The monoisotopic (exact) mass is 727 g/mol. The molecule has 0 saturated heterocycles. The van der Waals surface area contributed by atoms with Crippen LogP contribution in [-0.2, 0) is 28.0 Å². The Morgan fingerprint density at radius 1 is 0.685 bits per heavy atom. The van der Waals surface area contributed by atoms with Crippen molar-refractivity contribution in [1.82, 2.24) is 4.90 Å². The molecular formula is C45H45NO8. The van der Waals surface area contributed by atoms with Crippen molar-refractivity contribution < 1.29 is 39.5 Å². The number of esters is 1. The number of hydrogen-bond acceptors (Lipinski definition) is 7. The maximum absolute atomic E-state index is 12.3. The lowest BCUT2D eigenvalue weighted by molar-refractivity contribution is -0.168. The molecule has 0 aliphatic carbocycles. The van der Waals surface area contributed by atoms with Gasteiger partial charge in [0, 0.05) is 42.9 Å². The van der Waals surface area contributed by atoms with Gasteiger partial charge in [0.1, 0.15) is 28.2 Å². The van der Waals surface area contributed by atoms with E-state index in [1.807, 2.05) is 43.3 Å². The van der Waals surface area contributed by atoms with E-state index in [9.17, 15) is 34.8 Å². The van der Waals surface area contributed by atoms with E-state index in [0.29, 0.717) is 45.5 Å². The Labute approximate surface area is 314 Å². The second kappa shape index (κ2) is 17.1. The number of carboxylic acid groups (broad SMARTS) is 2. The third-order valence-electron chi connectivity index (χ3n) is 9.66. The quantitative estimate of drug-likeness (QED) is 0.0911. The second-order valence-corrected chi connectivity index (χ2v) is 13.6. The molecule has 0 fully saturated rings. The molecule has 4 N–H and O–H groups in total. The molecule has 0 saturated carbocycles. The van der Waals surface area contributed by atoms with Crippen molar-refractivity contribution in [3.05, 3.63) is 155 Å². The zero-order valence-corrected chi connectivity index (χ0v) is 30.8. The molecule has 9 nitrogen and oxygen atoms in total. The SMILES string of the molecule is CCC(=O)O[C@](Cc1ccccc1)(c1ccccc1)[C@H](C)CN(C)C.O=C(O)c1cc2ccccc2c(Cc2c(O)c(C(=O)O)cc3ccccc23)c1O. The highest BCUT2D eigenvalue weighted by Gasteiger charge is 2.42. The van der Waals surface area contributed by atoms with Crippen LogP contribution in [0.5, 0.6) is 11.5 Å². The number of benzene rings is 6. The van der Waals surface area contributed by atoms with E-state index in [1.165, 1.54) is 17.7 Å². The van der Waals surface area contributed by atoms with Gasteiger partial charge in [-0.3, -0.25) is 4.79 Å². The van der Waals surface area contributed by atoms with Crippen LogP contribution in [0, 0.1) is 5.92 Å². The fourth-order valence-corrected chi connectivity index (χ4v) is 7.03. The molecule has 0 aromatic heterocycles. The molecule has 6 aromatic rings. The zero-order valence-electron chi connectivity index (χ0n) is 30.8. The highest BCUT2D eigenvalue weighted by Crippen LogP contribution is 2.40. The Hall–Kier alpha value is -6.19. The van der Waals surface area contributed by atoms with Crippen LogP contribution in [0.15, 0.2) is 121 Å². The molecule has 0 spiro atoms. The van der Waals surface area contributed by atoms with Crippen LogP contribution < -0.4 is 0 Å². The van der Waals surface area contributed by atoms with E-state index in [1.54, 1.807) is 48.5 Å². The third-order valence-corrected chi connectivity index (χ3v) is 9.66. The van der Waals surface area contributed by atoms with Crippen molar-refractivity contribution in [2.75, 3.05) is 20.6 Å². The van der Waals surface area contributed by atoms with Gasteiger partial charge in [0.25, 0.3) is 0 Å². The highest BCUT2D eigenvalue weighted by atomic mass is 16.6. The lowest BCUT2D eigenvalue weighted by Crippen LogP contribution is -2.44. The Kier molecular flexibility index (Phi) is 12.4. The van der Waals surface area contributed by atoms with Crippen LogP contribution in [-0.4, -0.2) is 63.9 Å². The minimum atomic E-state index is -1.28. The fourth-order valence-electron chi connectivity index (χ4n) is 7.03. The number of carbonyl (C=O) groups excluding carboxylic acids is 1. The van der Waals surface area contributed by atoms with Gasteiger partial charge in [-0.15, -0.1) is 0 Å². The maximum atomic E-state index is 12.3. The molecule has 0 bridgehead atoms. The molecule has 9 heteroatoms. The number of aromatic hydroxyl groups is 2. The Bertz CT molecular complexity index is 2170. The number of ether oxygens (including phenoxy) is 1. The van der Waals surface area contributed by atoms with Crippen molar-refractivity contribution in [2.45, 2.75) is 38.7 Å². The number of carbonyl (C=O) groups is 3. The average Bonchev–Trinajstić information content (AvgIpc) is 3.16. The zero-order chi connectivity index (χ0) is 39.0. The summed E-state index contributed by atoms with van der Waals surface area (Å²) in [5, 5.41) is 42.8. The third kappa shape index (κ3) is 8.54. The first-order chi connectivity index (χ1) is 25.9. The summed E-state index contributed by atoms with van der Waals surface area (Å²) in [7, 11) is 4.10. The lowest BCUT2D eigenvalue weighted by Gasteiger charge is -2.40. The van der Waals surface area contributed by atoms with E-state index >= 15 is 0 Å². The second-order valence-electron chi connectivity index (χ2n) is 13.6. The number of aromatic carboxylic acids is 2. The molecule has 0 unspecified atom stereocenters. The Balaban J connectivity index is 0.000000210. The maximum Gasteiger partial charge on any atom is 0.339 e. The van der Waals surface area contributed by atoms with Crippen molar-refractivity contribution in [2.24, 2.45) is 5.92 Å². The summed E-state index contributed by atoms with van der Waals surface area (Å²) < 4.78 is 6.17. The molecule has 0 aliphatic heterocycles. The van der Waals surface area contributed by atoms with Crippen LogP contribution in [0.2, 0.25) is 0 Å². The largest absolute Gasteiger partial charge is 0.507 e. The molecule has 278 valence electrons. The standard InChI is InChI=1S/C23H16O6.C22H29NO2/c24-20-16(14-7-3-1-5-12(14)9-18(20)22(26)27)11-17-15-8-4-2-6-13(15)10-19(21(17)25)23(28)29;1-5-21(24)25-22(18(2)17-23(3)4,20-14-10-7-11-15-20)16-19-12-8-6-9-13-19/h1-10,24-25H,11H2,(H,26,27)(H,28,29);6-15,18H,5,16-17H2,1-4H3/t;18-,22+/m.1/s1. The molecule has 0 aliphatic rings. The smallest absolute Gasteiger partial charge is 0.339 e. The van der Waals surface area contributed by atoms with Crippen LogP contribution in [0.4, 0.5) is 0 Å². The lowest BCUT2D eigenvalue weighted by atomic mass is 9.77. The molecule has 0 radical (unpaired) electrons. The summed E-state index contributed by atoms with van der Waals surface area (Å²) in [5.74, 6) is -3.38. The van der Waals surface area contributed by atoms with Crippen molar-refractivity contribution in [3.63, 3.8) is 0 Å². The molecule has 6 aromatic carbocycles. The topological polar surface area (TPSA) is 145 Å². The van der Waals surface area contributed by atoms with E-state index in [-0.39, 0.29) is 29.4 Å². The van der Waals surface area contributed by atoms with Gasteiger partial charge in [0.2, 0.25) is 0 Å². The van der Waals surface area contributed by atoms with E-state index in [2.05, 4.69) is 50.2 Å². The van der Waals surface area contributed by atoms with Gasteiger partial charge in [-0.2, -0.15) is 0 Å². The minimum Gasteiger partial charge on any atom is -0.507 e. The molecule has 6 rings (SSSR count). The summed E-state index contributed by atoms with van der Waals surface area (Å²) in [5.41, 5.74) is 1.65. The molecule has 0 heterocycles. The van der Waals surface area contributed by atoms with E-state index in [4.69, 9.17) is 4.74 Å². The van der Waals surface area contributed by atoms with Gasteiger partial charge < -0.3 is 30.1 Å². The summed E-state index contributed by atoms with van der Waals surface area (Å²) in [6, 6.07) is 37.2. The van der Waals surface area contributed by atoms with Gasteiger partial charge in [-0.25, -0.2) is 9.59 Å². The number of hydrogen-bond donors (Lipinski definition) is 4. The minimum absolute atomic E-state index is 0.0407. The van der Waals surface area contributed by atoms with Gasteiger partial charge >= 0.3 is 17.9 Å². The van der Waals surface area contributed by atoms with Crippen LogP contribution >= 0.6 is 0 Å². The predicted molar refractivity (Wildman–Crippen MR) is 210 cm³/mol. The van der Waals surface area contributed by atoms with Crippen LogP contribution in [0.1, 0.15) is 63.2 Å². The van der Waals surface area contributed by atoms with Gasteiger partial charge in [0.15, 0.2) is 0 Å². The summed E-state index contributed by atoms with van der Waals surface area (Å²) >= 11 is 0. The van der Waals surface area contributed by atoms with Gasteiger partial charge in [0.05, 0.1) is 0 Å². The molecule has 2 atom stereocenters. The van der Waals surface area contributed by atoms with E-state index < -0.39 is 29.0 Å². The van der Waals surface area contributed by atoms with E-state index in [0.717, 1.165) is 12.1 Å². The molecule has 54 heavy (non-hydrogen) atoms. The van der Waals surface area contributed by atoms with Crippen molar-refractivity contribution in [1.29, 1.82) is 0 Å². The van der Waals surface area contributed by atoms with Crippen molar-refractivity contribution >= 4 is 39.5 Å². The predicted octanol–water partition coefficient (Wildman–Crippen LogP) is 8.67. The highest BCUT2D eigenvalue weighted by molar-refractivity contribution is 6.02. The van der Waals surface area contributed by atoms with Crippen LogP contribution in [0.25, 0.3) is 21.5 Å². The van der Waals surface area contributed by atoms with Gasteiger partial charge in [-0.05, 0) is 58.9 Å². The molecular weight excluding hydrogens is 682 g/mol. The number of phenols is 2. The number of nitrogens with zero attached hydrogens (tertiary/aromatic N) is 1. The summed E-state index contributed by atoms with van der Waals surface area (Å²) in [6.45, 7) is 4.84. The normalized spacial score (nSPS) is 12.8. The summed E-state index contributed by atoms with van der Waals surface area (Å²) in [6.07, 6.45) is 0.998. The Morgan fingerprint density at radius 2 is 1.13 bits per heavy atom.